The van der Waals surface area contributed by atoms with Crippen molar-refractivity contribution in [1.29, 1.82) is 0 Å². The first-order valence-electron chi connectivity index (χ1n) is 2.59. The molecule has 0 aliphatic heterocycles. The summed E-state index contributed by atoms with van der Waals surface area (Å²) in [7, 11) is 0. The summed E-state index contributed by atoms with van der Waals surface area (Å²) in [5, 5.41) is 10.9. The van der Waals surface area contributed by atoms with Crippen molar-refractivity contribution in [3.63, 3.8) is 0 Å². The molecule has 0 saturated heterocycles. The molecule has 0 spiro atoms. The van der Waals surface area contributed by atoms with Crippen molar-refractivity contribution in [2.24, 2.45) is 0 Å². The van der Waals surface area contributed by atoms with Gasteiger partial charge in [-0.25, -0.2) is 4.98 Å². The van der Waals surface area contributed by atoms with Crippen LogP contribution in [0.3, 0.4) is 0 Å². The number of thiazole rings is 1. The normalized spacial score (nSPS) is 13.5. The van der Waals surface area contributed by atoms with E-state index in [0.29, 0.717) is 5.69 Å². The number of nitrogens with zero attached hydrogens (tertiary/aromatic N) is 1. The van der Waals surface area contributed by atoms with Crippen LogP contribution in [0.2, 0.25) is 0 Å². The molecule has 5 heteroatoms. The van der Waals surface area contributed by atoms with E-state index in [1.807, 2.05) is 0 Å². The summed E-state index contributed by atoms with van der Waals surface area (Å²) in [6, 6.07) is 0. The lowest BCUT2D eigenvalue weighted by molar-refractivity contribution is 0.198. The zero-order valence-corrected chi connectivity index (χ0v) is 8.08. The first kappa shape index (κ1) is 8.46. The average molecular weight is 243 g/mol. The summed E-state index contributed by atoms with van der Waals surface area (Å²) in [5.41, 5.74) is 0.631. The van der Waals surface area contributed by atoms with Gasteiger partial charge in [-0.3, -0.25) is 0 Å². The lowest BCUT2D eigenvalue weighted by atomic mass is 10.3. The van der Waals surface area contributed by atoms with Gasteiger partial charge in [0.1, 0.15) is 6.10 Å². The Bertz CT molecular complexity index is 217. The molecule has 1 aromatic rings. The van der Waals surface area contributed by atoms with Crippen LogP contribution in [0.15, 0.2) is 9.30 Å². The van der Waals surface area contributed by atoms with Gasteiger partial charge in [0.2, 0.25) is 0 Å². The van der Waals surface area contributed by atoms with Crippen LogP contribution in [-0.4, -0.2) is 16.0 Å². The van der Waals surface area contributed by atoms with Crippen LogP contribution in [0.25, 0.3) is 0 Å². The third-order valence-corrected chi connectivity index (χ3v) is 2.66. The van der Waals surface area contributed by atoms with Gasteiger partial charge in [-0.2, -0.15) is 0 Å². The molecular weight excluding hydrogens is 237 g/mol. The third kappa shape index (κ3) is 1.92. The highest BCUT2D eigenvalue weighted by molar-refractivity contribution is 9.11. The second-order valence-corrected chi connectivity index (χ2v) is 4.14. The Hall–Kier alpha value is 0.360. The van der Waals surface area contributed by atoms with Crippen LogP contribution in [0, 0.1) is 0 Å². The first-order valence-corrected chi connectivity index (χ1v) is 4.79. The average Bonchev–Trinajstić information content (AvgIpc) is 2.34. The largest absolute Gasteiger partial charge is 0.386 e. The molecule has 0 aliphatic rings. The van der Waals surface area contributed by atoms with Crippen molar-refractivity contribution >= 4 is 38.9 Å². The van der Waals surface area contributed by atoms with Crippen LogP contribution < -0.4 is 0 Å². The maximum atomic E-state index is 9.13. The van der Waals surface area contributed by atoms with Crippen molar-refractivity contribution in [3.8, 4) is 0 Å². The Labute approximate surface area is 76.0 Å². The summed E-state index contributed by atoms with van der Waals surface area (Å²) in [6.45, 7) is 0. The highest BCUT2D eigenvalue weighted by Crippen LogP contribution is 2.21. The van der Waals surface area contributed by atoms with E-state index in [1.54, 1.807) is 5.38 Å². The predicted molar refractivity (Wildman–Crippen MR) is 45.5 cm³/mol. The van der Waals surface area contributed by atoms with Crippen LogP contribution >= 0.6 is 38.9 Å². The lowest BCUT2D eigenvalue weighted by Gasteiger charge is -1.99. The van der Waals surface area contributed by atoms with Gasteiger partial charge in [-0.05, 0) is 15.9 Å². The molecule has 0 amide bonds. The lowest BCUT2D eigenvalue weighted by Crippen LogP contribution is -1.97. The molecule has 56 valence electrons. The van der Waals surface area contributed by atoms with E-state index in [2.05, 4.69) is 20.9 Å². The maximum Gasteiger partial charge on any atom is 0.159 e. The summed E-state index contributed by atoms with van der Waals surface area (Å²) in [5.74, 6) is 0.191. The Morgan fingerprint density at radius 3 is 3.00 bits per heavy atom. The van der Waals surface area contributed by atoms with Crippen molar-refractivity contribution in [3.05, 3.63) is 15.0 Å². The van der Waals surface area contributed by atoms with Crippen LogP contribution in [0.1, 0.15) is 11.8 Å². The number of aromatic nitrogens is 1. The Morgan fingerprint density at radius 1 is 1.90 bits per heavy atom. The summed E-state index contributed by atoms with van der Waals surface area (Å²) >= 11 is 10.0. The Morgan fingerprint density at radius 2 is 2.60 bits per heavy atom. The molecule has 0 fully saturated rings. The molecule has 0 aliphatic carbocycles. The summed E-state index contributed by atoms with van der Waals surface area (Å²) < 4.78 is 0.770. The standard InChI is InChI=1S/C5H5BrClNOS/c6-5-8-3(2-10-5)4(9)1-7/h2,4,9H,1H2. The maximum absolute atomic E-state index is 9.13. The molecule has 0 radical (unpaired) electrons. The highest BCUT2D eigenvalue weighted by atomic mass is 79.9. The quantitative estimate of drug-likeness (QED) is 0.807. The fourth-order valence-corrected chi connectivity index (χ4v) is 1.72. The van der Waals surface area contributed by atoms with Crippen molar-refractivity contribution in [1.82, 2.24) is 4.98 Å². The highest BCUT2D eigenvalue weighted by Gasteiger charge is 2.08. The van der Waals surface area contributed by atoms with Gasteiger partial charge in [0, 0.05) is 5.38 Å². The number of hydrogen-bond donors (Lipinski definition) is 1. The van der Waals surface area contributed by atoms with E-state index in [-0.39, 0.29) is 5.88 Å². The zero-order valence-electron chi connectivity index (χ0n) is 4.92. The second kappa shape index (κ2) is 3.67. The predicted octanol–water partition coefficient (Wildman–Crippen LogP) is 2.18. The van der Waals surface area contributed by atoms with Crippen LogP contribution in [0.4, 0.5) is 0 Å². The summed E-state index contributed by atoms with van der Waals surface area (Å²) in [6.07, 6.45) is -0.635. The van der Waals surface area contributed by atoms with E-state index in [1.165, 1.54) is 11.3 Å². The van der Waals surface area contributed by atoms with E-state index in [4.69, 9.17) is 16.7 Å². The molecular formula is C5H5BrClNOS. The number of alkyl halides is 1. The SMILES string of the molecule is OC(CCl)c1csc(Br)n1. The van der Waals surface area contributed by atoms with Crippen molar-refractivity contribution < 1.29 is 5.11 Å². The van der Waals surface area contributed by atoms with Crippen LogP contribution in [0.5, 0.6) is 0 Å². The van der Waals surface area contributed by atoms with Crippen LogP contribution in [-0.2, 0) is 0 Å². The molecule has 1 N–H and O–H groups in total. The van der Waals surface area contributed by atoms with E-state index in [9.17, 15) is 0 Å². The molecule has 10 heavy (non-hydrogen) atoms. The van der Waals surface area contributed by atoms with E-state index in [0.717, 1.165) is 3.92 Å². The van der Waals surface area contributed by atoms with Gasteiger partial charge in [-0.15, -0.1) is 22.9 Å². The van der Waals surface area contributed by atoms with Gasteiger partial charge in [-0.1, -0.05) is 0 Å². The molecule has 0 aromatic carbocycles. The number of hydrogen-bond acceptors (Lipinski definition) is 3. The smallest absolute Gasteiger partial charge is 0.159 e. The first-order chi connectivity index (χ1) is 4.74. The molecule has 1 aromatic heterocycles. The third-order valence-electron chi connectivity index (χ3n) is 0.981. The minimum atomic E-state index is -0.635. The van der Waals surface area contributed by atoms with E-state index >= 15 is 0 Å². The fraction of sp³-hybridized carbons (Fsp3) is 0.400. The van der Waals surface area contributed by atoms with E-state index < -0.39 is 6.10 Å². The molecule has 1 rings (SSSR count). The molecule has 1 unspecified atom stereocenters. The second-order valence-electron chi connectivity index (χ2n) is 1.70. The summed E-state index contributed by atoms with van der Waals surface area (Å²) in [4.78, 5) is 3.98. The topological polar surface area (TPSA) is 33.1 Å². The minimum Gasteiger partial charge on any atom is -0.386 e. The molecule has 1 atom stereocenters. The molecule has 0 bridgehead atoms. The van der Waals surface area contributed by atoms with Crippen molar-refractivity contribution in [2.45, 2.75) is 6.10 Å². The molecule has 1 heterocycles. The molecule has 2 nitrogen and oxygen atoms in total. The number of aliphatic hydroxyl groups excluding tert-OH is 1. The number of aliphatic hydroxyl groups is 1. The van der Waals surface area contributed by atoms with Crippen molar-refractivity contribution in [2.75, 3.05) is 5.88 Å². The van der Waals surface area contributed by atoms with Gasteiger partial charge in [0.25, 0.3) is 0 Å². The number of halogens is 2. The Kier molecular flexibility index (Phi) is 3.10. The minimum absolute atomic E-state index is 0.191. The van der Waals surface area contributed by atoms with Gasteiger partial charge in [0.15, 0.2) is 3.92 Å². The monoisotopic (exact) mass is 241 g/mol. The molecule has 0 saturated carbocycles. The van der Waals surface area contributed by atoms with Gasteiger partial charge in [0.05, 0.1) is 11.6 Å². The fourth-order valence-electron chi connectivity index (χ4n) is 0.495. The van der Waals surface area contributed by atoms with Gasteiger partial charge < -0.3 is 5.11 Å². The zero-order chi connectivity index (χ0) is 7.56. The Balaban J connectivity index is 2.74. The number of rotatable bonds is 2. The van der Waals surface area contributed by atoms with Gasteiger partial charge >= 0.3 is 0 Å².